The second-order valence-electron chi connectivity index (χ2n) is 5.81. The van der Waals surface area contributed by atoms with Gasteiger partial charge in [-0.3, -0.25) is 4.79 Å². The lowest BCUT2D eigenvalue weighted by Crippen LogP contribution is -2.18. The van der Waals surface area contributed by atoms with Gasteiger partial charge < -0.3 is 19.5 Å². The summed E-state index contributed by atoms with van der Waals surface area (Å²) < 4.78 is 16.0. The molecule has 0 radical (unpaired) electrons. The molecule has 0 bridgehead atoms. The minimum absolute atomic E-state index is 0.0464. The zero-order valence-corrected chi connectivity index (χ0v) is 15.1. The number of hydrogen-bond donors (Lipinski definition) is 1. The Morgan fingerprint density at radius 3 is 2.40 bits per heavy atom. The second-order valence-corrected chi connectivity index (χ2v) is 6.19. The van der Waals surface area contributed by atoms with Crippen molar-refractivity contribution >= 4 is 17.5 Å². The number of rotatable bonds is 5. The predicted molar refractivity (Wildman–Crippen MR) is 96.0 cm³/mol. The summed E-state index contributed by atoms with van der Waals surface area (Å²) >= 11 is 6.46. The molecule has 2 atom stereocenters. The first-order valence-electron chi connectivity index (χ1n) is 7.92. The van der Waals surface area contributed by atoms with Crippen LogP contribution in [0.5, 0.6) is 17.2 Å². The summed E-state index contributed by atoms with van der Waals surface area (Å²) in [5, 5.41) is 3.41. The maximum atomic E-state index is 12.5. The first kappa shape index (κ1) is 17.4. The topological polar surface area (TPSA) is 56.8 Å². The number of amides is 1. The van der Waals surface area contributed by atoms with Crippen LogP contribution in [0.2, 0.25) is 5.02 Å². The third-order valence-electron chi connectivity index (χ3n) is 4.56. The van der Waals surface area contributed by atoms with Crippen LogP contribution in [-0.2, 0) is 4.79 Å². The summed E-state index contributed by atoms with van der Waals surface area (Å²) in [6.45, 7) is 0.534. The molecule has 2 aromatic rings. The van der Waals surface area contributed by atoms with Gasteiger partial charge in [-0.15, -0.1) is 0 Å². The molecule has 1 amide bonds. The van der Waals surface area contributed by atoms with E-state index in [4.69, 9.17) is 25.8 Å². The van der Waals surface area contributed by atoms with Gasteiger partial charge in [0.1, 0.15) is 5.75 Å². The van der Waals surface area contributed by atoms with Crippen LogP contribution in [0.4, 0.5) is 0 Å². The Morgan fingerprint density at radius 2 is 1.72 bits per heavy atom. The van der Waals surface area contributed by atoms with E-state index in [9.17, 15) is 4.79 Å². The van der Waals surface area contributed by atoms with Crippen molar-refractivity contribution in [2.45, 2.75) is 11.8 Å². The van der Waals surface area contributed by atoms with Crippen LogP contribution >= 0.6 is 11.6 Å². The molecule has 132 valence electrons. The van der Waals surface area contributed by atoms with E-state index < -0.39 is 0 Å². The van der Waals surface area contributed by atoms with Crippen LogP contribution < -0.4 is 19.5 Å². The van der Waals surface area contributed by atoms with Crippen LogP contribution in [0.15, 0.2) is 36.4 Å². The largest absolute Gasteiger partial charge is 0.495 e. The van der Waals surface area contributed by atoms with Crippen molar-refractivity contribution in [2.24, 2.45) is 0 Å². The molecule has 1 N–H and O–H groups in total. The fourth-order valence-electron chi connectivity index (χ4n) is 3.30. The van der Waals surface area contributed by atoms with Gasteiger partial charge in [0.05, 0.1) is 32.3 Å². The predicted octanol–water partition coefficient (Wildman–Crippen LogP) is 3.36. The SMILES string of the molecule is COc1ccc([C@H]2CNC(=O)[C@@H]2c2cccc(OC)c2Cl)cc1OC. The van der Waals surface area contributed by atoms with Crippen LogP contribution in [0, 0.1) is 0 Å². The lowest BCUT2D eigenvalue weighted by Gasteiger charge is -2.20. The van der Waals surface area contributed by atoms with E-state index in [1.807, 2.05) is 30.3 Å². The van der Waals surface area contributed by atoms with Crippen molar-refractivity contribution < 1.29 is 19.0 Å². The Labute approximate surface area is 151 Å². The number of benzene rings is 2. The maximum Gasteiger partial charge on any atom is 0.228 e. The smallest absolute Gasteiger partial charge is 0.228 e. The van der Waals surface area contributed by atoms with Crippen molar-refractivity contribution in [2.75, 3.05) is 27.9 Å². The first-order chi connectivity index (χ1) is 12.1. The van der Waals surface area contributed by atoms with E-state index in [1.54, 1.807) is 27.4 Å². The first-order valence-corrected chi connectivity index (χ1v) is 8.30. The molecule has 1 aliphatic heterocycles. The summed E-state index contributed by atoms with van der Waals surface area (Å²) in [4.78, 5) is 12.5. The van der Waals surface area contributed by atoms with Gasteiger partial charge >= 0.3 is 0 Å². The molecule has 1 fully saturated rings. The highest BCUT2D eigenvalue weighted by atomic mass is 35.5. The van der Waals surface area contributed by atoms with Gasteiger partial charge in [-0.2, -0.15) is 0 Å². The Morgan fingerprint density at radius 1 is 1.00 bits per heavy atom. The molecule has 0 spiro atoms. The van der Waals surface area contributed by atoms with Gasteiger partial charge in [0.2, 0.25) is 5.91 Å². The fourth-order valence-corrected chi connectivity index (χ4v) is 3.62. The second kappa shape index (κ2) is 7.23. The minimum Gasteiger partial charge on any atom is -0.495 e. The average molecular weight is 362 g/mol. The third-order valence-corrected chi connectivity index (χ3v) is 4.97. The third kappa shape index (κ3) is 3.12. The molecule has 6 heteroatoms. The van der Waals surface area contributed by atoms with Crippen molar-refractivity contribution in [3.8, 4) is 17.2 Å². The monoisotopic (exact) mass is 361 g/mol. The van der Waals surface area contributed by atoms with Gasteiger partial charge in [0.25, 0.3) is 0 Å². The molecule has 1 heterocycles. The zero-order chi connectivity index (χ0) is 18.0. The van der Waals surface area contributed by atoms with E-state index in [1.165, 1.54) is 0 Å². The molecule has 5 nitrogen and oxygen atoms in total. The number of hydrogen-bond acceptors (Lipinski definition) is 4. The molecule has 0 aliphatic carbocycles. The molecule has 0 aromatic heterocycles. The number of carbonyl (C=O) groups is 1. The standard InChI is InChI=1S/C19H20ClNO4/c1-23-14-8-7-11(9-16(14)25-3)13-10-21-19(22)17(13)12-5-4-6-15(24-2)18(12)20/h4-9,13,17H,10H2,1-3H3,(H,21,22)/t13-,17-/m1/s1. The summed E-state index contributed by atoms with van der Waals surface area (Å²) in [5.41, 5.74) is 1.75. The Bertz CT molecular complexity index is 793. The molecule has 1 aliphatic rings. The van der Waals surface area contributed by atoms with Crippen LogP contribution in [0.25, 0.3) is 0 Å². The van der Waals surface area contributed by atoms with Crippen molar-refractivity contribution in [1.82, 2.24) is 5.32 Å². The molecule has 1 saturated heterocycles. The van der Waals surface area contributed by atoms with E-state index in [0.29, 0.717) is 28.8 Å². The highest BCUT2D eigenvalue weighted by molar-refractivity contribution is 6.33. The normalized spacial score (nSPS) is 19.4. The summed E-state index contributed by atoms with van der Waals surface area (Å²) in [6, 6.07) is 11.2. The molecule has 25 heavy (non-hydrogen) atoms. The van der Waals surface area contributed by atoms with Gasteiger partial charge in [0.15, 0.2) is 11.5 Å². The van der Waals surface area contributed by atoms with Crippen molar-refractivity contribution in [3.05, 3.63) is 52.5 Å². The van der Waals surface area contributed by atoms with E-state index in [-0.39, 0.29) is 17.7 Å². The average Bonchev–Trinajstić information content (AvgIpc) is 3.02. The van der Waals surface area contributed by atoms with Gasteiger partial charge in [-0.05, 0) is 29.3 Å². The summed E-state index contributed by atoms with van der Waals surface area (Å²) in [6.07, 6.45) is 0. The molecule has 0 saturated carbocycles. The van der Waals surface area contributed by atoms with E-state index >= 15 is 0 Å². The van der Waals surface area contributed by atoms with Gasteiger partial charge in [-0.25, -0.2) is 0 Å². The van der Waals surface area contributed by atoms with Gasteiger partial charge in [-0.1, -0.05) is 29.8 Å². The van der Waals surface area contributed by atoms with Gasteiger partial charge in [0, 0.05) is 12.5 Å². The Balaban J connectivity index is 2.04. The minimum atomic E-state index is -0.388. The molecular formula is C19H20ClNO4. The van der Waals surface area contributed by atoms with E-state index in [2.05, 4.69) is 5.32 Å². The number of methoxy groups -OCH3 is 3. The van der Waals surface area contributed by atoms with Crippen LogP contribution in [0.3, 0.4) is 0 Å². The number of halogens is 1. The molecular weight excluding hydrogens is 342 g/mol. The molecule has 0 unspecified atom stereocenters. The number of carbonyl (C=O) groups excluding carboxylic acids is 1. The fraction of sp³-hybridized carbons (Fsp3) is 0.316. The summed E-state index contributed by atoms with van der Waals surface area (Å²) in [7, 11) is 4.75. The lowest BCUT2D eigenvalue weighted by molar-refractivity contribution is -0.120. The highest BCUT2D eigenvalue weighted by Crippen LogP contribution is 2.43. The quantitative estimate of drug-likeness (QED) is 0.887. The van der Waals surface area contributed by atoms with Crippen LogP contribution in [0.1, 0.15) is 23.0 Å². The summed E-state index contributed by atoms with van der Waals surface area (Å²) in [5.74, 6) is 1.35. The lowest BCUT2D eigenvalue weighted by atomic mass is 9.83. The highest BCUT2D eigenvalue weighted by Gasteiger charge is 2.38. The van der Waals surface area contributed by atoms with Crippen molar-refractivity contribution in [3.63, 3.8) is 0 Å². The number of ether oxygens (including phenoxy) is 3. The van der Waals surface area contributed by atoms with Crippen molar-refractivity contribution in [1.29, 1.82) is 0 Å². The number of nitrogens with one attached hydrogen (secondary N) is 1. The Kier molecular flexibility index (Phi) is 5.04. The van der Waals surface area contributed by atoms with E-state index in [0.717, 1.165) is 11.1 Å². The van der Waals surface area contributed by atoms with Crippen LogP contribution in [-0.4, -0.2) is 33.8 Å². The molecule has 2 aromatic carbocycles. The zero-order valence-electron chi connectivity index (χ0n) is 14.3. The Hall–Kier alpha value is -2.40. The maximum absolute atomic E-state index is 12.5. The molecule has 3 rings (SSSR count).